The van der Waals surface area contributed by atoms with Crippen molar-refractivity contribution in [3.05, 3.63) is 47.3 Å². The first-order chi connectivity index (χ1) is 11.2. The van der Waals surface area contributed by atoms with Gasteiger partial charge in [-0.2, -0.15) is 0 Å². The quantitative estimate of drug-likeness (QED) is 0.804. The predicted octanol–water partition coefficient (Wildman–Crippen LogP) is 1.18. The highest BCUT2D eigenvalue weighted by Gasteiger charge is 2.26. The number of nitrogens with one attached hydrogen (secondary N) is 1. The van der Waals surface area contributed by atoms with Crippen LogP contribution < -0.4 is 5.32 Å². The average Bonchev–Trinajstić information content (AvgIpc) is 3.29. The van der Waals surface area contributed by atoms with Gasteiger partial charge in [0.15, 0.2) is 0 Å². The molecule has 1 aromatic heterocycles. The summed E-state index contributed by atoms with van der Waals surface area (Å²) < 4.78 is 1.56. The normalized spacial score (nSPS) is 15.4. The maximum Gasteiger partial charge on any atom is 0.242 e. The fourth-order valence-electron chi connectivity index (χ4n) is 2.64. The third kappa shape index (κ3) is 4.16. The van der Waals surface area contributed by atoms with Crippen LogP contribution in [0.4, 0.5) is 0 Å². The molecule has 0 aliphatic heterocycles. The van der Waals surface area contributed by atoms with Crippen LogP contribution in [0.2, 0.25) is 0 Å². The lowest BCUT2D eigenvalue weighted by atomic mass is 10.0. The number of carbonyl (C=O) groups is 1. The minimum Gasteiger partial charge on any atom is -0.394 e. The molecule has 0 bridgehead atoms. The number of nitrogens with zero attached hydrogens (tertiary/aromatic N) is 3. The lowest BCUT2D eigenvalue weighted by molar-refractivity contribution is -0.122. The summed E-state index contributed by atoms with van der Waals surface area (Å²) in [6.07, 6.45) is 4.77. The average molecular weight is 314 g/mol. The number of benzene rings is 1. The van der Waals surface area contributed by atoms with E-state index in [1.165, 1.54) is 0 Å². The number of aryl methyl sites for hydroxylation is 1. The van der Waals surface area contributed by atoms with Crippen LogP contribution in [0.5, 0.6) is 0 Å². The molecule has 0 saturated heterocycles. The number of rotatable bonds is 7. The summed E-state index contributed by atoms with van der Waals surface area (Å²) in [6, 6.07) is 7.69. The lowest BCUT2D eigenvalue weighted by Crippen LogP contribution is -2.41. The van der Waals surface area contributed by atoms with E-state index in [9.17, 15) is 9.90 Å². The van der Waals surface area contributed by atoms with Crippen molar-refractivity contribution in [1.29, 1.82) is 0 Å². The predicted molar refractivity (Wildman–Crippen MR) is 85.9 cm³/mol. The van der Waals surface area contributed by atoms with E-state index < -0.39 is 0 Å². The Bertz CT molecular complexity index is 679. The topological polar surface area (TPSA) is 80.0 Å². The summed E-state index contributed by atoms with van der Waals surface area (Å²) in [5.74, 6) is 0.364. The molecular weight excluding hydrogens is 292 g/mol. The molecule has 6 nitrogen and oxygen atoms in total. The molecule has 1 aromatic carbocycles. The highest BCUT2D eigenvalue weighted by molar-refractivity contribution is 5.76. The van der Waals surface area contributed by atoms with Crippen molar-refractivity contribution in [3.63, 3.8) is 0 Å². The standard InChI is InChI=1S/C17H22N4O2/c1-12-4-2-3-5-14(12)8-15(11-22)18-17(23)10-21-9-16(19-20-21)13-6-7-13/h2-5,9,13,15,22H,6-8,10-11H2,1H3,(H,18,23)/t15-/m1/s1. The summed E-state index contributed by atoms with van der Waals surface area (Å²) in [5, 5.41) is 20.5. The molecule has 1 atom stereocenters. The van der Waals surface area contributed by atoms with Crippen LogP contribution >= 0.6 is 0 Å². The smallest absolute Gasteiger partial charge is 0.242 e. The zero-order chi connectivity index (χ0) is 16.2. The van der Waals surface area contributed by atoms with E-state index in [0.29, 0.717) is 12.3 Å². The monoisotopic (exact) mass is 314 g/mol. The van der Waals surface area contributed by atoms with Crippen molar-refractivity contribution in [2.45, 2.75) is 44.7 Å². The summed E-state index contributed by atoms with van der Waals surface area (Å²) >= 11 is 0. The van der Waals surface area contributed by atoms with Gasteiger partial charge in [0.2, 0.25) is 5.91 Å². The molecule has 3 rings (SSSR count). The van der Waals surface area contributed by atoms with Gasteiger partial charge in [-0.05, 0) is 37.3 Å². The molecule has 1 fully saturated rings. The first-order valence-electron chi connectivity index (χ1n) is 8.00. The minimum absolute atomic E-state index is 0.0925. The Morgan fingerprint density at radius 2 is 2.22 bits per heavy atom. The zero-order valence-electron chi connectivity index (χ0n) is 13.3. The second-order valence-electron chi connectivity index (χ2n) is 6.19. The highest BCUT2D eigenvalue weighted by Crippen LogP contribution is 2.38. The van der Waals surface area contributed by atoms with Crippen molar-refractivity contribution in [2.75, 3.05) is 6.61 Å². The van der Waals surface area contributed by atoms with Gasteiger partial charge in [0, 0.05) is 12.1 Å². The van der Waals surface area contributed by atoms with Gasteiger partial charge in [0.25, 0.3) is 0 Å². The second-order valence-corrected chi connectivity index (χ2v) is 6.19. The SMILES string of the molecule is Cc1ccccc1C[C@H](CO)NC(=O)Cn1cc(C2CC2)nn1. The Labute approximate surface area is 135 Å². The van der Waals surface area contributed by atoms with Crippen molar-refractivity contribution < 1.29 is 9.90 Å². The lowest BCUT2D eigenvalue weighted by Gasteiger charge is -2.17. The highest BCUT2D eigenvalue weighted by atomic mass is 16.3. The molecule has 2 aromatic rings. The van der Waals surface area contributed by atoms with Crippen molar-refractivity contribution in [3.8, 4) is 0 Å². The van der Waals surface area contributed by atoms with Crippen LogP contribution in [0.15, 0.2) is 30.5 Å². The van der Waals surface area contributed by atoms with Crippen LogP contribution in [-0.2, 0) is 17.8 Å². The van der Waals surface area contributed by atoms with Gasteiger partial charge in [-0.3, -0.25) is 4.79 Å². The number of aromatic nitrogens is 3. The van der Waals surface area contributed by atoms with Gasteiger partial charge in [-0.1, -0.05) is 29.5 Å². The van der Waals surface area contributed by atoms with E-state index in [1.54, 1.807) is 4.68 Å². The van der Waals surface area contributed by atoms with Gasteiger partial charge < -0.3 is 10.4 Å². The molecule has 1 heterocycles. The summed E-state index contributed by atoms with van der Waals surface area (Å²) in [4.78, 5) is 12.1. The number of hydrogen-bond acceptors (Lipinski definition) is 4. The molecule has 6 heteroatoms. The molecule has 0 spiro atoms. The van der Waals surface area contributed by atoms with Crippen molar-refractivity contribution in [2.24, 2.45) is 0 Å². The van der Waals surface area contributed by atoms with E-state index in [-0.39, 0.29) is 25.1 Å². The molecule has 1 aliphatic rings. The molecule has 0 radical (unpaired) electrons. The van der Waals surface area contributed by atoms with E-state index in [4.69, 9.17) is 0 Å². The maximum absolute atomic E-state index is 12.1. The Kier molecular flexibility index (Phi) is 4.71. The maximum atomic E-state index is 12.1. The van der Waals surface area contributed by atoms with Gasteiger partial charge in [0.05, 0.1) is 18.3 Å². The number of amides is 1. The fourth-order valence-corrected chi connectivity index (χ4v) is 2.64. The second kappa shape index (κ2) is 6.91. The first kappa shape index (κ1) is 15.7. The first-order valence-corrected chi connectivity index (χ1v) is 8.00. The fraction of sp³-hybridized carbons (Fsp3) is 0.471. The van der Waals surface area contributed by atoms with Gasteiger partial charge in [-0.25, -0.2) is 4.68 Å². The number of aliphatic hydroxyl groups excluding tert-OH is 1. The summed E-state index contributed by atoms with van der Waals surface area (Å²) in [7, 11) is 0. The number of hydrogen-bond donors (Lipinski definition) is 2. The van der Waals surface area contributed by atoms with Crippen molar-refractivity contribution in [1.82, 2.24) is 20.3 Å². The van der Waals surface area contributed by atoms with Crippen molar-refractivity contribution >= 4 is 5.91 Å². The zero-order valence-corrected chi connectivity index (χ0v) is 13.3. The molecular formula is C17H22N4O2. The molecule has 1 amide bonds. The molecule has 1 aliphatic carbocycles. The van der Waals surface area contributed by atoms with Crippen LogP contribution in [0.1, 0.15) is 35.6 Å². The van der Waals surface area contributed by atoms with Crippen LogP contribution in [0.3, 0.4) is 0 Å². The minimum atomic E-state index is -0.296. The Hall–Kier alpha value is -2.21. The van der Waals surface area contributed by atoms with E-state index in [0.717, 1.165) is 29.7 Å². The Morgan fingerprint density at radius 1 is 1.43 bits per heavy atom. The molecule has 0 unspecified atom stereocenters. The molecule has 1 saturated carbocycles. The largest absolute Gasteiger partial charge is 0.394 e. The third-order valence-electron chi connectivity index (χ3n) is 4.17. The van der Waals surface area contributed by atoms with E-state index in [2.05, 4.69) is 15.6 Å². The number of aliphatic hydroxyl groups is 1. The molecule has 122 valence electrons. The van der Waals surface area contributed by atoms with E-state index >= 15 is 0 Å². The summed E-state index contributed by atoms with van der Waals surface area (Å²) in [5.41, 5.74) is 3.26. The van der Waals surface area contributed by atoms with Crippen LogP contribution in [0, 0.1) is 6.92 Å². The number of carbonyl (C=O) groups excluding carboxylic acids is 1. The Balaban J connectivity index is 1.55. The molecule has 2 N–H and O–H groups in total. The van der Waals surface area contributed by atoms with Gasteiger partial charge >= 0.3 is 0 Å². The van der Waals surface area contributed by atoms with E-state index in [1.807, 2.05) is 37.4 Å². The van der Waals surface area contributed by atoms with Crippen LogP contribution in [-0.4, -0.2) is 38.7 Å². The van der Waals surface area contributed by atoms with Gasteiger partial charge in [-0.15, -0.1) is 5.10 Å². The summed E-state index contributed by atoms with van der Waals surface area (Å²) in [6.45, 7) is 2.06. The Morgan fingerprint density at radius 3 is 2.91 bits per heavy atom. The molecule has 23 heavy (non-hydrogen) atoms. The third-order valence-corrected chi connectivity index (χ3v) is 4.17. The van der Waals surface area contributed by atoms with Crippen LogP contribution in [0.25, 0.3) is 0 Å². The van der Waals surface area contributed by atoms with Gasteiger partial charge in [0.1, 0.15) is 6.54 Å².